The second-order valence-corrected chi connectivity index (χ2v) is 7.44. The number of fused-ring (bicyclic) bond motifs is 1. The van der Waals surface area contributed by atoms with Crippen LogP contribution in [-0.2, 0) is 13.0 Å². The zero-order chi connectivity index (χ0) is 18.1. The number of imidazole rings is 1. The van der Waals surface area contributed by atoms with Crippen molar-refractivity contribution in [3.8, 4) is 11.3 Å². The maximum Gasteiger partial charge on any atom is 0.157 e. The largest absolute Gasteiger partial charge is 0.363 e. The lowest BCUT2D eigenvalue weighted by atomic mass is 10.2. The first-order valence-corrected chi connectivity index (χ1v) is 9.78. The third kappa shape index (κ3) is 3.34. The van der Waals surface area contributed by atoms with Gasteiger partial charge in [0.05, 0.1) is 24.1 Å². The highest BCUT2D eigenvalue weighted by atomic mass is 79.9. The van der Waals surface area contributed by atoms with E-state index in [0.717, 1.165) is 44.4 Å². The van der Waals surface area contributed by atoms with Crippen molar-refractivity contribution in [2.45, 2.75) is 19.9 Å². The van der Waals surface area contributed by atoms with Crippen molar-refractivity contribution in [2.75, 3.05) is 5.32 Å². The van der Waals surface area contributed by atoms with Gasteiger partial charge in [-0.2, -0.15) is 0 Å². The molecule has 1 aromatic carbocycles. The summed E-state index contributed by atoms with van der Waals surface area (Å²) >= 11 is 4.98. The number of benzene rings is 1. The second-order valence-electron chi connectivity index (χ2n) is 5.69. The fourth-order valence-corrected chi connectivity index (χ4v) is 3.77. The van der Waals surface area contributed by atoms with Gasteiger partial charge in [-0.25, -0.2) is 19.3 Å². The van der Waals surface area contributed by atoms with Crippen molar-refractivity contribution in [2.24, 2.45) is 0 Å². The maximum atomic E-state index is 13.1. The molecule has 0 saturated carbocycles. The maximum absolute atomic E-state index is 13.1. The molecule has 0 amide bonds. The molecule has 26 heavy (non-hydrogen) atoms. The lowest BCUT2D eigenvalue weighted by Gasteiger charge is -2.06. The van der Waals surface area contributed by atoms with Crippen LogP contribution >= 0.6 is 27.3 Å². The molecule has 0 aliphatic carbocycles. The monoisotopic (exact) mass is 431 g/mol. The van der Waals surface area contributed by atoms with E-state index in [2.05, 4.69) is 43.1 Å². The van der Waals surface area contributed by atoms with Crippen LogP contribution in [-0.4, -0.2) is 19.4 Å². The summed E-state index contributed by atoms with van der Waals surface area (Å²) in [7, 11) is 0. The van der Waals surface area contributed by atoms with Crippen LogP contribution in [0.1, 0.15) is 17.6 Å². The molecule has 4 aromatic rings. The summed E-state index contributed by atoms with van der Waals surface area (Å²) in [4.78, 5) is 13.5. The van der Waals surface area contributed by atoms with Crippen LogP contribution in [0.2, 0.25) is 0 Å². The summed E-state index contributed by atoms with van der Waals surface area (Å²) < 4.78 is 15.8. The van der Waals surface area contributed by atoms with Gasteiger partial charge >= 0.3 is 0 Å². The van der Waals surface area contributed by atoms with Crippen molar-refractivity contribution in [1.29, 1.82) is 0 Å². The molecular weight excluding hydrogens is 417 g/mol. The number of aromatic nitrogens is 4. The van der Waals surface area contributed by atoms with E-state index in [0.29, 0.717) is 6.54 Å². The van der Waals surface area contributed by atoms with Gasteiger partial charge in [-0.15, -0.1) is 11.3 Å². The van der Waals surface area contributed by atoms with Crippen LogP contribution < -0.4 is 5.32 Å². The van der Waals surface area contributed by atoms with Crippen LogP contribution in [0.15, 0.2) is 46.6 Å². The zero-order valence-electron chi connectivity index (χ0n) is 13.9. The van der Waals surface area contributed by atoms with Crippen LogP contribution in [0.4, 0.5) is 10.2 Å². The molecule has 5 nitrogen and oxygen atoms in total. The minimum absolute atomic E-state index is 0.244. The highest BCUT2D eigenvalue weighted by molar-refractivity contribution is 9.10. The molecule has 0 unspecified atom stereocenters. The standard InChI is InChI=1S/C18H15BrFN5S/c1-2-13-18(25-9-15(19)21-7-16(25)23-13)22-8-17-24-14(10-26-17)11-3-5-12(20)6-4-11/h3-7,9-10,22H,2,8H2,1H3. The third-order valence-corrected chi connectivity index (χ3v) is 5.24. The number of rotatable bonds is 5. The Morgan fingerprint density at radius 2 is 2.04 bits per heavy atom. The Kier molecular flexibility index (Phi) is 4.69. The van der Waals surface area contributed by atoms with E-state index in [1.807, 2.05) is 16.0 Å². The molecule has 8 heteroatoms. The smallest absolute Gasteiger partial charge is 0.157 e. The Bertz CT molecular complexity index is 1060. The Morgan fingerprint density at radius 3 is 2.81 bits per heavy atom. The Morgan fingerprint density at radius 1 is 1.23 bits per heavy atom. The summed E-state index contributed by atoms with van der Waals surface area (Å²) in [6, 6.07) is 6.38. The van der Waals surface area contributed by atoms with Crippen LogP contribution in [0.25, 0.3) is 16.9 Å². The Hall–Kier alpha value is -2.32. The number of nitrogens with one attached hydrogen (secondary N) is 1. The lowest BCUT2D eigenvalue weighted by Crippen LogP contribution is -2.04. The summed E-state index contributed by atoms with van der Waals surface area (Å²) in [5.41, 5.74) is 3.56. The first kappa shape index (κ1) is 17.1. The van der Waals surface area contributed by atoms with Gasteiger partial charge in [0.25, 0.3) is 0 Å². The van der Waals surface area contributed by atoms with E-state index in [-0.39, 0.29) is 5.82 Å². The molecule has 0 aliphatic rings. The van der Waals surface area contributed by atoms with Gasteiger partial charge in [0.15, 0.2) is 5.65 Å². The average Bonchev–Trinajstić information content (AvgIpc) is 3.24. The van der Waals surface area contributed by atoms with Crippen LogP contribution in [0, 0.1) is 5.82 Å². The molecule has 0 spiro atoms. The van der Waals surface area contributed by atoms with E-state index in [9.17, 15) is 4.39 Å². The molecule has 0 atom stereocenters. The van der Waals surface area contributed by atoms with Gasteiger partial charge < -0.3 is 5.32 Å². The number of aryl methyl sites for hydroxylation is 1. The lowest BCUT2D eigenvalue weighted by molar-refractivity contribution is 0.628. The summed E-state index contributed by atoms with van der Waals surface area (Å²) in [5.74, 6) is 0.704. The molecule has 0 aliphatic heterocycles. The van der Waals surface area contributed by atoms with Crippen molar-refractivity contribution in [3.05, 3.63) is 63.2 Å². The highest BCUT2D eigenvalue weighted by Crippen LogP contribution is 2.24. The topological polar surface area (TPSA) is 55.1 Å². The fourth-order valence-electron chi connectivity index (χ4n) is 2.72. The molecule has 0 fully saturated rings. The van der Waals surface area contributed by atoms with Crippen molar-refractivity contribution in [3.63, 3.8) is 0 Å². The summed E-state index contributed by atoms with van der Waals surface area (Å²) in [6.07, 6.45) is 4.46. The second kappa shape index (κ2) is 7.13. The van der Waals surface area contributed by atoms with Gasteiger partial charge in [-0.1, -0.05) is 6.92 Å². The van der Waals surface area contributed by atoms with Crippen LogP contribution in [0.3, 0.4) is 0 Å². The average molecular weight is 432 g/mol. The van der Waals surface area contributed by atoms with Crippen molar-refractivity contribution in [1.82, 2.24) is 19.4 Å². The third-order valence-electron chi connectivity index (χ3n) is 3.98. The fraction of sp³-hybridized carbons (Fsp3) is 0.167. The minimum atomic E-state index is -0.244. The number of hydrogen-bond acceptors (Lipinski definition) is 5. The molecule has 3 aromatic heterocycles. The van der Waals surface area contributed by atoms with E-state index in [1.54, 1.807) is 29.7 Å². The van der Waals surface area contributed by atoms with Gasteiger partial charge in [0.2, 0.25) is 0 Å². The molecule has 132 valence electrons. The van der Waals surface area contributed by atoms with Gasteiger partial charge in [0, 0.05) is 17.1 Å². The van der Waals surface area contributed by atoms with Crippen LogP contribution in [0.5, 0.6) is 0 Å². The predicted molar refractivity (Wildman–Crippen MR) is 105 cm³/mol. The Balaban J connectivity index is 1.57. The molecule has 0 saturated heterocycles. The van der Waals surface area contributed by atoms with Crippen molar-refractivity contribution >= 4 is 38.7 Å². The summed E-state index contributed by atoms with van der Waals surface area (Å²) in [5, 5.41) is 6.38. The molecular formula is C18H15BrFN5S. The predicted octanol–water partition coefficient (Wildman–Crippen LogP) is 4.93. The van der Waals surface area contributed by atoms with E-state index in [1.165, 1.54) is 12.1 Å². The summed E-state index contributed by atoms with van der Waals surface area (Å²) in [6.45, 7) is 2.66. The molecule has 0 radical (unpaired) electrons. The Labute approximate surface area is 162 Å². The molecule has 0 bridgehead atoms. The minimum Gasteiger partial charge on any atom is -0.363 e. The molecule has 1 N–H and O–H groups in total. The quantitative estimate of drug-likeness (QED) is 0.486. The van der Waals surface area contributed by atoms with Gasteiger partial charge in [0.1, 0.15) is 21.2 Å². The van der Waals surface area contributed by atoms with E-state index < -0.39 is 0 Å². The number of thiazole rings is 1. The SMILES string of the molecule is CCc1nc2cnc(Br)cn2c1NCc1nc(-c2ccc(F)cc2)cs1. The highest BCUT2D eigenvalue weighted by Gasteiger charge is 2.12. The number of hydrogen-bond donors (Lipinski definition) is 1. The zero-order valence-corrected chi connectivity index (χ0v) is 16.3. The van der Waals surface area contributed by atoms with Gasteiger partial charge in [-0.05, 0) is 46.6 Å². The number of halogens is 2. The molecule has 3 heterocycles. The number of anilines is 1. The number of nitrogens with zero attached hydrogens (tertiary/aromatic N) is 4. The van der Waals surface area contributed by atoms with E-state index >= 15 is 0 Å². The first-order chi connectivity index (χ1) is 12.6. The van der Waals surface area contributed by atoms with E-state index in [4.69, 9.17) is 0 Å². The van der Waals surface area contributed by atoms with Gasteiger partial charge in [-0.3, -0.25) is 4.40 Å². The molecule has 4 rings (SSSR count). The normalized spacial score (nSPS) is 11.2. The van der Waals surface area contributed by atoms with Crippen molar-refractivity contribution < 1.29 is 4.39 Å². The first-order valence-electron chi connectivity index (χ1n) is 8.10.